The van der Waals surface area contributed by atoms with E-state index in [4.69, 9.17) is 9.72 Å². The molecule has 40 heavy (non-hydrogen) atoms. The second kappa shape index (κ2) is 9.39. The van der Waals surface area contributed by atoms with E-state index < -0.39 is 0 Å². The number of rotatable bonds is 6. The first-order valence-electron chi connectivity index (χ1n) is 12.6. The van der Waals surface area contributed by atoms with Crippen LogP contribution in [-0.2, 0) is 4.79 Å². The fraction of sp³-hybridized carbons (Fsp3) is 0.185. The molecule has 0 saturated heterocycles. The van der Waals surface area contributed by atoms with Gasteiger partial charge in [-0.05, 0) is 38.4 Å². The zero-order valence-corrected chi connectivity index (χ0v) is 22.4. The molecule has 7 rings (SSSR count). The molecule has 5 heterocycles. The summed E-state index contributed by atoms with van der Waals surface area (Å²) in [5.74, 6) is 0.800. The van der Waals surface area contributed by atoms with E-state index in [0.717, 1.165) is 23.1 Å². The highest BCUT2D eigenvalue weighted by atomic mass is 32.1. The molecule has 0 fully saturated rings. The number of hydrogen-bond acceptors (Lipinski definition) is 10. The molecule has 0 atom stereocenters. The summed E-state index contributed by atoms with van der Waals surface area (Å²) in [5.41, 5.74) is 2.69. The van der Waals surface area contributed by atoms with Gasteiger partial charge in [0.2, 0.25) is 11.1 Å². The van der Waals surface area contributed by atoms with Crippen LogP contribution in [0.25, 0.3) is 32.7 Å². The van der Waals surface area contributed by atoms with Gasteiger partial charge in [-0.2, -0.15) is 9.50 Å². The van der Waals surface area contributed by atoms with E-state index in [2.05, 4.69) is 20.3 Å². The molecule has 1 amide bonds. The van der Waals surface area contributed by atoms with Gasteiger partial charge in [-0.1, -0.05) is 12.1 Å². The number of benzene rings is 2. The van der Waals surface area contributed by atoms with Crippen molar-refractivity contribution >= 4 is 62.2 Å². The zero-order valence-electron chi connectivity index (χ0n) is 21.6. The summed E-state index contributed by atoms with van der Waals surface area (Å²) < 4.78 is 9.00. The predicted octanol–water partition coefficient (Wildman–Crippen LogP) is 3.07. The summed E-state index contributed by atoms with van der Waals surface area (Å²) in [6, 6.07) is 13.2. The second-order valence-electron chi connectivity index (χ2n) is 9.57. The standard InChI is InChI=1S/C27H23N9O3S/c1-33(2)10-11-34-20-8-7-16(13-21(20)39-15-22(34)37)30-26-29-14-18-23(32-26)31-24-17-5-3-4-6-19(17)35(36(24)25(18)38)27-28-9-12-40-27/h3-9,12-14H,10-11,15H2,1-2H3,(H,29,30,32). The number of anilines is 3. The van der Waals surface area contributed by atoms with Crippen LogP contribution in [0.5, 0.6) is 5.75 Å². The lowest BCUT2D eigenvalue weighted by Gasteiger charge is -2.30. The molecule has 0 unspecified atom stereocenters. The van der Waals surface area contributed by atoms with E-state index in [-0.39, 0.29) is 35.1 Å². The number of nitrogens with zero attached hydrogens (tertiary/aromatic N) is 8. The highest BCUT2D eigenvalue weighted by molar-refractivity contribution is 7.12. The molecule has 12 nitrogen and oxygen atoms in total. The number of carbonyl (C=O) groups is 1. The third-order valence-electron chi connectivity index (χ3n) is 6.71. The lowest BCUT2D eigenvalue weighted by atomic mass is 10.2. The summed E-state index contributed by atoms with van der Waals surface area (Å²) in [4.78, 5) is 48.1. The molecule has 0 radical (unpaired) electrons. The number of para-hydroxylation sites is 1. The van der Waals surface area contributed by atoms with Gasteiger partial charge in [-0.15, -0.1) is 11.3 Å². The number of amides is 1. The van der Waals surface area contributed by atoms with Crippen LogP contribution in [-0.4, -0.2) is 73.7 Å². The van der Waals surface area contributed by atoms with Crippen LogP contribution < -0.4 is 20.5 Å². The molecular weight excluding hydrogens is 530 g/mol. The minimum atomic E-state index is -0.289. The monoisotopic (exact) mass is 553 g/mol. The van der Waals surface area contributed by atoms with Crippen LogP contribution in [0.4, 0.5) is 17.3 Å². The first-order chi connectivity index (χ1) is 19.5. The van der Waals surface area contributed by atoms with Crippen molar-refractivity contribution < 1.29 is 9.53 Å². The van der Waals surface area contributed by atoms with Crippen LogP contribution in [0, 0.1) is 0 Å². The predicted molar refractivity (Wildman–Crippen MR) is 153 cm³/mol. The van der Waals surface area contributed by atoms with E-state index in [9.17, 15) is 9.59 Å². The number of nitrogens with one attached hydrogen (secondary N) is 1. The first-order valence-corrected chi connectivity index (χ1v) is 13.4. The Morgan fingerprint density at radius 1 is 1.07 bits per heavy atom. The maximum Gasteiger partial charge on any atom is 0.284 e. The maximum atomic E-state index is 13.7. The van der Waals surface area contributed by atoms with E-state index in [1.54, 1.807) is 15.8 Å². The highest BCUT2D eigenvalue weighted by Gasteiger charge is 2.26. The van der Waals surface area contributed by atoms with Gasteiger partial charge in [0.25, 0.3) is 11.5 Å². The molecule has 0 aliphatic carbocycles. The fourth-order valence-corrected chi connectivity index (χ4v) is 5.45. The van der Waals surface area contributed by atoms with Crippen molar-refractivity contribution in [1.29, 1.82) is 0 Å². The minimum absolute atomic E-state index is 0.0190. The minimum Gasteiger partial charge on any atom is -0.481 e. The fourth-order valence-electron chi connectivity index (χ4n) is 4.81. The van der Waals surface area contributed by atoms with Crippen molar-refractivity contribution in [2.75, 3.05) is 44.0 Å². The summed E-state index contributed by atoms with van der Waals surface area (Å²) >= 11 is 1.43. The largest absolute Gasteiger partial charge is 0.481 e. The molecule has 1 aliphatic rings. The van der Waals surface area contributed by atoms with Gasteiger partial charge in [-0.3, -0.25) is 9.59 Å². The Morgan fingerprint density at radius 2 is 1.95 bits per heavy atom. The summed E-state index contributed by atoms with van der Waals surface area (Å²) in [6.07, 6.45) is 3.18. The molecule has 4 aromatic heterocycles. The van der Waals surface area contributed by atoms with E-state index in [1.165, 1.54) is 22.0 Å². The van der Waals surface area contributed by atoms with Gasteiger partial charge in [-0.25, -0.2) is 19.6 Å². The lowest BCUT2D eigenvalue weighted by Crippen LogP contribution is -2.42. The summed E-state index contributed by atoms with van der Waals surface area (Å²) in [7, 11) is 3.94. The average molecular weight is 554 g/mol. The molecule has 6 aromatic rings. The molecule has 0 spiro atoms. The van der Waals surface area contributed by atoms with Gasteiger partial charge in [0, 0.05) is 48.0 Å². The van der Waals surface area contributed by atoms with Crippen LogP contribution >= 0.6 is 11.3 Å². The molecule has 2 aromatic carbocycles. The molecule has 13 heteroatoms. The SMILES string of the molecule is CN(C)CCN1C(=O)COc2cc(Nc3ncc4c(=O)n5c(nc4n3)c3ccccc3n5-c3nccs3)ccc21. The number of thiazole rings is 1. The second-order valence-corrected chi connectivity index (χ2v) is 10.4. The molecular formula is C27H23N9O3S. The summed E-state index contributed by atoms with van der Waals surface area (Å²) in [6.45, 7) is 1.28. The van der Waals surface area contributed by atoms with Gasteiger partial charge < -0.3 is 19.9 Å². The van der Waals surface area contributed by atoms with Crippen molar-refractivity contribution in [2.45, 2.75) is 0 Å². The molecule has 0 bridgehead atoms. The van der Waals surface area contributed by atoms with Crippen LogP contribution in [0.2, 0.25) is 0 Å². The Balaban J connectivity index is 1.28. The average Bonchev–Trinajstić information content (AvgIpc) is 3.59. The van der Waals surface area contributed by atoms with Crippen molar-refractivity contribution in [1.82, 2.24) is 34.0 Å². The highest BCUT2D eigenvalue weighted by Crippen LogP contribution is 2.35. The number of aromatic nitrogens is 6. The third kappa shape index (κ3) is 3.94. The Morgan fingerprint density at radius 3 is 2.77 bits per heavy atom. The number of likely N-dealkylation sites (N-methyl/N-ethyl adjacent to an activating group) is 1. The van der Waals surface area contributed by atoms with Crippen molar-refractivity contribution in [3.8, 4) is 10.9 Å². The van der Waals surface area contributed by atoms with E-state index >= 15 is 0 Å². The maximum absolute atomic E-state index is 13.7. The third-order valence-corrected chi connectivity index (χ3v) is 7.45. The van der Waals surface area contributed by atoms with Crippen LogP contribution in [0.15, 0.2) is 65.0 Å². The quantitative estimate of drug-likeness (QED) is 0.332. The number of carbonyl (C=O) groups excluding carboxylic acids is 1. The van der Waals surface area contributed by atoms with E-state index in [1.807, 2.05) is 66.8 Å². The first kappa shape index (κ1) is 24.2. The number of fused-ring (bicyclic) bond motifs is 5. The van der Waals surface area contributed by atoms with E-state index in [0.29, 0.717) is 28.8 Å². The van der Waals surface area contributed by atoms with Crippen molar-refractivity contribution in [3.05, 3.63) is 70.6 Å². The van der Waals surface area contributed by atoms with Crippen LogP contribution in [0.3, 0.4) is 0 Å². The Kier molecular flexibility index (Phi) is 5.68. The Bertz CT molecular complexity index is 1980. The number of ether oxygens (including phenoxy) is 1. The molecule has 1 aliphatic heterocycles. The zero-order chi connectivity index (χ0) is 27.4. The topological polar surface area (TPSA) is 123 Å². The van der Waals surface area contributed by atoms with Gasteiger partial charge in [0.05, 0.1) is 11.2 Å². The lowest BCUT2D eigenvalue weighted by molar-refractivity contribution is -0.121. The van der Waals surface area contributed by atoms with Gasteiger partial charge in [0.1, 0.15) is 11.1 Å². The number of hydrogen-bond donors (Lipinski definition) is 1. The van der Waals surface area contributed by atoms with Gasteiger partial charge >= 0.3 is 0 Å². The van der Waals surface area contributed by atoms with Gasteiger partial charge in [0.15, 0.2) is 17.9 Å². The Hall–Kier alpha value is -4.88. The molecule has 1 N–H and O–H groups in total. The Labute approximate surface area is 231 Å². The van der Waals surface area contributed by atoms with Crippen LogP contribution in [0.1, 0.15) is 0 Å². The normalized spacial score (nSPS) is 13.4. The summed E-state index contributed by atoms with van der Waals surface area (Å²) in [5, 5.41) is 6.79. The van der Waals surface area contributed by atoms with Crippen molar-refractivity contribution in [3.63, 3.8) is 0 Å². The smallest absolute Gasteiger partial charge is 0.284 e. The molecule has 200 valence electrons. The van der Waals surface area contributed by atoms with Crippen molar-refractivity contribution in [2.24, 2.45) is 0 Å². The molecule has 0 saturated carbocycles.